The van der Waals surface area contributed by atoms with Crippen LogP contribution < -0.4 is 16.2 Å². The summed E-state index contributed by atoms with van der Waals surface area (Å²) in [5.74, 6) is -0.562. The van der Waals surface area contributed by atoms with E-state index in [1.807, 2.05) is 6.92 Å². The third kappa shape index (κ3) is 5.86. The number of nitrogens with one attached hydrogen (secondary N) is 3. The number of carbonyl (C=O) groups is 1. The molecule has 1 aromatic carbocycles. The number of nitrogens with zero attached hydrogens (tertiary/aromatic N) is 4. The Balaban J connectivity index is 1.73. The first-order chi connectivity index (χ1) is 14.9. The average molecular weight is 459 g/mol. The number of benzene rings is 1. The highest BCUT2D eigenvalue weighted by Gasteiger charge is 2.37. The molecule has 0 radical (unpaired) electrons. The van der Waals surface area contributed by atoms with Crippen LogP contribution in [0.15, 0.2) is 47.6 Å². The summed E-state index contributed by atoms with van der Waals surface area (Å²) in [6.07, 6.45) is -3.72. The molecule has 0 spiro atoms. The molecule has 14 heteroatoms. The number of hydrazine groups is 1. The zero-order chi connectivity index (χ0) is 23.5. The van der Waals surface area contributed by atoms with Crippen LogP contribution in [0.2, 0.25) is 0 Å². The van der Waals surface area contributed by atoms with E-state index in [2.05, 4.69) is 31.2 Å². The summed E-state index contributed by atoms with van der Waals surface area (Å²) in [5, 5.41) is 6.77. The van der Waals surface area contributed by atoms with Gasteiger partial charge in [0.2, 0.25) is 0 Å². The molecule has 3 N–H and O–H groups in total. The molecule has 1 unspecified atom stereocenters. The van der Waals surface area contributed by atoms with Crippen LogP contribution in [0.4, 0.5) is 26.3 Å². The Labute approximate surface area is 176 Å². The molecule has 2 heterocycles. The molecule has 2 aromatic rings. The van der Waals surface area contributed by atoms with Gasteiger partial charge in [0.25, 0.3) is 5.91 Å². The number of halogens is 6. The molecule has 32 heavy (non-hydrogen) atoms. The first kappa shape index (κ1) is 22.8. The smallest absolute Gasteiger partial charge is 0.362 e. The number of rotatable bonds is 5. The van der Waals surface area contributed by atoms with Gasteiger partial charge in [-0.25, -0.2) is 9.67 Å². The average Bonchev–Trinajstić information content (AvgIpc) is 3.18. The second kappa shape index (κ2) is 8.72. The molecule has 0 saturated carbocycles. The molecule has 0 fully saturated rings. The van der Waals surface area contributed by atoms with Gasteiger partial charge < -0.3 is 5.32 Å². The van der Waals surface area contributed by atoms with E-state index in [9.17, 15) is 31.1 Å². The molecule has 8 nitrogen and oxygen atoms in total. The molecule has 1 amide bonds. The van der Waals surface area contributed by atoms with Gasteiger partial charge >= 0.3 is 12.4 Å². The molecule has 1 atom stereocenters. The van der Waals surface area contributed by atoms with Crippen LogP contribution in [-0.4, -0.2) is 32.9 Å². The van der Waals surface area contributed by atoms with Crippen molar-refractivity contribution in [2.24, 2.45) is 4.99 Å². The van der Waals surface area contributed by atoms with Crippen molar-refractivity contribution in [3.05, 3.63) is 53.8 Å². The Kier molecular flexibility index (Phi) is 6.23. The first-order valence-electron chi connectivity index (χ1n) is 8.87. The van der Waals surface area contributed by atoms with Gasteiger partial charge in [0, 0.05) is 24.1 Å². The van der Waals surface area contributed by atoms with E-state index in [0.717, 1.165) is 23.3 Å². The maximum absolute atomic E-state index is 13.0. The van der Waals surface area contributed by atoms with Crippen molar-refractivity contribution in [1.82, 2.24) is 30.9 Å². The van der Waals surface area contributed by atoms with E-state index < -0.39 is 35.0 Å². The van der Waals surface area contributed by atoms with Gasteiger partial charge in [-0.15, -0.1) is 5.10 Å². The standard InChI is InChI=1S/C18H15F6N7O/c1-10-7-25-8-14(27-10)28-29-15(32)2-3-31-9-26-16(30-31)11-4-12(17(19,20)21)6-13(5-11)18(22,23)24/h2-10,27-28H,1H3,(H,29,32)/b3-2-. The van der Waals surface area contributed by atoms with E-state index in [0.29, 0.717) is 18.0 Å². The number of hydrogen-bond acceptors (Lipinski definition) is 6. The van der Waals surface area contributed by atoms with Gasteiger partial charge in [-0.2, -0.15) is 26.3 Å². The Hall–Kier alpha value is -3.84. The van der Waals surface area contributed by atoms with Crippen LogP contribution in [-0.2, 0) is 17.1 Å². The van der Waals surface area contributed by atoms with Crippen LogP contribution in [0.3, 0.4) is 0 Å². The zero-order valence-electron chi connectivity index (χ0n) is 16.2. The summed E-state index contributed by atoms with van der Waals surface area (Å²) in [4.78, 5) is 19.5. The van der Waals surface area contributed by atoms with Crippen molar-refractivity contribution in [3.63, 3.8) is 0 Å². The molecule has 0 aliphatic carbocycles. The molecule has 1 aliphatic heterocycles. The number of hydrogen-bond donors (Lipinski definition) is 3. The predicted octanol–water partition coefficient (Wildman–Crippen LogP) is 2.94. The minimum Gasteiger partial charge on any atom is -0.362 e. The highest BCUT2D eigenvalue weighted by atomic mass is 19.4. The molecule has 1 aliphatic rings. The lowest BCUT2D eigenvalue weighted by atomic mass is 10.0. The van der Waals surface area contributed by atoms with Gasteiger partial charge in [0.15, 0.2) is 5.82 Å². The molecule has 170 valence electrons. The lowest BCUT2D eigenvalue weighted by molar-refractivity contribution is -0.143. The number of alkyl halides is 6. The molecule has 1 aromatic heterocycles. The van der Waals surface area contributed by atoms with Crippen LogP contribution in [0.25, 0.3) is 17.6 Å². The fraction of sp³-hybridized carbons (Fsp3) is 0.222. The van der Waals surface area contributed by atoms with Crippen LogP contribution in [0.5, 0.6) is 0 Å². The van der Waals surface area contributed by atoms with Gasteiger partial charge in [0.05, 0.1) is 23.4 Å². The largest absolute Gasteiger partial charge is 0.416 e. The lowest BCUT2D eigenvalue weighted by Gasteiger charge is -2.18. The first-order valence-corrected chi connectivity index (χ1v) is 8.87. The normalized spacial score (nSPS) is 16.6. The fourth-order valence-electron chi connectivity index (χ4n) is 2.51. The van der Waals surface area contributed by atoms with Crippen molar-refractivity contribution in [2.45, 2.75) is 25.3 Å². The SMILES string of the molecule is CC1C=NC=C(NNC(=O)/C=C\n2cnc(-c3cc(C(F)(F)F)cc(C(F)(F)F)c3)n2)N1. The summed E-state index contributed by atoms with van der Waals surface area (Å²) in [6, 6.07) is 1.01. The maximum Gasteiger partial charge on any atom is 0.416 e. The predicted molar refractivity (Wildman–Crippen MR) is 101 cm³/mol. The molecular formula is C18H15F6N7O. The van der Waals surface area contributed by atoms with Crippen LogP contribution >= 0.6 is 0 Å². The summed E-state index contributed by atoms with van der Waals surface area (Å²) >= 11 is 0. The van der Waals surface area contributed by atoms with Gasteiger partial charge in [0.1, 0.15) is 12.1 Å². The molecule has 0 bridgehead atoms. The van der Waals surface area contributed by atoms with E-state index >= 15 is 0 Å². The third-order valence-electron chi connectivity index (χ3n) is 3.95. The lowest BCUT2D eigenvalue weighted by Crippen LogP contribution is -2.44. The number of carbonyl (C=O) groups excluding carboxylic acids is 1. The Morgan fingerprint density at radius 2 is 1.78 bits per heavy atom. The zero-order valence-corrected chi connectivity index (χ0v) is 16.2. The van der Waals surface area contributed by atoms with Gasteiger partial charge in [-0.3, -0.25) is 20.6 Å². The second-order valence-electron chi connectivity index (χ2n) is 6.55. The highest BCUT2D eigenvalue weighted by molar-refractivity contribution is 5.89. The summed E-state index contributed by atoms with van der Waals surface area (Å²) in [7, 11) is 0. The van der Waals surface area contributed by atoms with Gasteiger partial charge in [-0.05, 0) is 25.1 Å². The van der Waals surface area contributed by atoms with Crippen molar-refractivity contribution in [3.8, 4) is 11.4 Å². The van der Waals surface area contributed by atoms with Crippen molar-refractivity contribution < 1.29 is 31.1 Å². The minimum absolute atomic E-state index is 0.0143. The summed E-state index contributed by atoms with van der Waals surface area (Å²) in [5.41, 5.74) is 1.48. The Morgan fingerprint density at radius 1 is 1.12 bits per heavy atom. The number of aliphatic imine (C=N–C) groups is 1. The van der Waals surface area contributed by atoms with Crippen LogP contribution in [0.1, 0.15) is 18.1 Å². The Bertz CT molecular complexity index is 1050. The van der Waals surface area contributed by atoms with Crippen molar-refractivity contribution >= 4 is 18.3 Å². The molecule has 0 saturated heterocycles. The molecular weight excluding hydrogens is 444 g/mol. The molecule has 3 rings (SSSR count). The fourth-order valence-corrected chi connectivity index (χ4v) is 2.51. The minimum atomic E-state index is -4.99. The second-order valence-corrected chi connectivity index (χ2v) is 6.55. The van der Waals surface area contributed by atoms with Gasteiger partial charge in [-0.1, -0.05) is 0 Å². The van der Waals surface area contributed by atoms with E-state index in [1.165, 1.54) is 6.20 Å². The summed E-state index contributed by atoms with van der Waals surface area (Å²) < 4.78 is 79.0. The van der Waals surface area contributed by atoms with Crippen LogP contribution in [0, 0.1) is 0 Å². The van der Waals surface area contributed by atoms with Crippen molar-refractivity contribution in [2.75, 3.05) is 0 Å². The van der Waals surface area contributed by atoms with E-state index in [4.69, 9.17) is 0 Å². The summed E-state index contributed by atoms with van der Waals surface area (Å²) in [6.45, 7) is 1.84. The quantitative estimate of drug-likeness (QED) is 0.363. The highest BCUT2D eigenvalue weighted by Crippen LogP contribution is 2.38. The third-order valence-corrected chi connectivity index (χ3v) is 3.95. The monoisotopic (exact) mass is 459 g/mol. The Morgan fingerprint density at radius 3 is 2.38 bits per heavy atom. The topological polar surface area (TPSA) is 96.2 Å². The number of amides is 1. The van der Waals surface area contributed by atoms with Crippen molar-refractivity contribution in [1.29, 1.82) is 0 Å². The number of aromatic nitrogens is 3. The van der Waals surface area contributed by atoms with E-state index in [-0.39, 0.29) is 17.9 Å². The van der Waals surface area contributed by atoms with E-state index in [1.54, 1.807) is 6.21 Å². The maximum atomic E-state index is 13.0.